The zero-order valence-electron chi connectivity index (χ0n) is 11.4. The topological polar surface area (TPSA) is 89.9 Å². The lowest BCUT2D eigenvalue weighted by Gasteiger charge is -2.19. The van der Waals surface area contributed by atoms with Crippen molar-refractivity contribution in [3.63, 3.8) is 0 Å². The molecule has 2 aromatic heterocycles. The molecule has 2 rings (SSSR count). The van der Waals surface area contributed by atoms with Crippen molar-refractivity contribution in [2.45, 2.75) is 43.4 Å². The molecule has 19 heavy (non-hydrogen) atoms. The van der Waals surface area contributed by atoms with Gasteiger partial charge in [-0.05, 0) is 18.7 Å². The second kappa shape index (κ2) is 5.18. The van der Waals surface area contributed by atoms with Gasteiger partial charge in [-0.15, -0.1) is 0 Å². The van der Waals surface area contributed by atoms with Crippen LogP contribution >= 0.6 is 11.8 Å². The molecule has 0 radical (unpaired) electrons. The van der Waals surface area contributed by atoms with Crippen LogP contribution in [0.3, 0.4) is 0 Å². The van der Waals surface area contributed by atoms with E-state index in [1.165, 1.54) is 18.0 Å². The van der Waals surface area contributed by atoms with Crippen LogP contribution in [0.1, 0.15) is 32.2 Å². The van der Waals surface area contributed by atoms with E-state index in [2.05, 4.69) is 41.1 Å². The van der Waals surface area contributed by atoms with Gasteiger partial charge in [0.25, 0.3) is 5.22 Å². The van der Waals surface area contributed by atoms with Gasteiger partial charge >= 0.3 is 0 Å². The molecule has 0 aliphatic rings. The van der Waals surface area contributed by atoms with Crippen LogP contribution in [0.2, 0.25) is 0 Å². The van der Waals surface area contributed by atoms with Crippen LogP contribution in [-0.4, -0.2) is 15.0 Å². The van der Waals surface area contributed by atoms with Crippen molar-refractivity contribution in [2.24, 2.45) is 5.84 Å². The highest BCUT2D eigenvalue weighted by molar-refractivity contribution is 7.99. The molecule has 0 spiro atoms. The van der Waals surface area contributed by atoms with Crippen LogP contribution < -0.4 is 11.3 Å². The molecule has 6 nitrogen and oxygen atoms in total. The van der Waals surface area contributed by atoms with Gasteiger partial charge in [0, 0.05) is 11.0 Å². The van der Waals surface area contributed by atoms with E-state index in [0.29, 0.717) is 11.0 Å². The van der Waals surface area contributed by atoms with Crippen LogP contribution in [0.25, 0.3) is 0 Å². The summed E-state index contributed by atoms with van der Waals surface area (Å²) < 4.78 is 5.23. The fourth-order valence-corrected chi connectivity index (χ4v) is 2.18. The third-order valence-electron chi connectivity index (χ3n) is 2.50. The maximum absolute atomic E-state index is 5.52. The van der Waals surface area contributed by atoms with E-state index in [1.54, 1.807) is 6.20 Å². The van der Waals surface area contributed by atoms with E-state index in [4.69, 9.17) is 10.3 Å². The summed E-state index contributed by atoms with van der Waals surface area (Å²) in [5.41, 5.74) is 3.32. The van der Waals surface area contributed by atoms with E-state index >= 15 is 0 Å². The second-order valence-corrected chi connectivity index (χ2v) is 6.06. The number of oxazole rings is 1. The number of rotatable bonds is 3. The highest BCUT2D eigenvalue weighted by Crippen LogP contribution is 2.32. The van der Waals surface area contributed by atoms with Gasteiger partial charge in [-0.1, -0.05) is 20.8 Å². The van der Waals surface area contributed by atoms with Gasteiger partial charge in [0.05, 0.1) is 6.20 Å². The number of nitrogens with two attached hydrogens (primary N) is 1. The molecule has 7 heteroatoms. The summed E-state index contributed by atoms with van der Waals surface area (Å²) >= 11 is 1.36. The van der Waals surface area contributed by atoms with Gasteiger partial charge in [0.1, 0.15) is 22.9 Å². The van der Waals surface area contributed by atoms with Crippen molar-refractivity contribution >= 4 is 17.6 Å². The smallest absolute Gasteiger partial charge is 0.261 e. The number of nitrogen functional groups attached to an aromatic ring is 1. The van der Waals surface area contributed by atoms with Gasteiger partial charge in [-0.3, -0.25) is 0 Å². The Hall–Kier alpha value is -1.60. The fourth-order valence-electron chi connectivity index (χ4n) is 1.41. The maximum atomic E-state index is 5.52. The van der Waals surface area contributed by atoms with E-state index in [0.717, 1.165) is 16.4 Å². The average Bonchev–Trinajstić information content (AvgIpc) is 2.83. The molecule has 2 aromatic rings. The van der Waals surface area contributed by atoms with Crippen LogP contribution in [0, 0.1) is 6.92 Å². The Labute approximate surface area is 116 Å². The first kappa shape index (κ1) is 13.8. The molecule has 0 aliphatic carbocycles. The average molecular weight is 279 g/mol. The summed E-state index contributed by atoms with van der Waals surface area (Å²) in [7, 11) is 0. The van der Waals surface area contributed by atoms with Crippen LogP contribution in [-0.2, 0) is 5.41 Å². The molecule has 0 bridgehead atoms. The highest BCUT2D eigenvalue weighted by Gasteiger charge is 2.22. The molecule has 0 fully saturated rings. The molecular formula is C12H17N5OS. The number of aromatic nitrogens is 3. The summed E-state index contributed by atoms with van der Waals surface area (Å²) in [4.78, 5) is 13.1. The number of anilines is 1. The lowest BCUT2D eigenvalue weighted by Crippen LogP contribution is -2.20. The van der Waals surface area contributed by atoms with E-state index in [-0.39, 0.29) is 5.41 Å². The Morgan fingerprint density at radius 1 is 1.32 bits per heavy atom. The van der Waals surface area contributed by atoms with Crippen molar-refractivity contribution < 1.29 is 4.42 Å². The van der Waals surface area contributed by atoms with Gasteiger partial charge < -0.3 is 9.84 Å². The fraction of sp³-hybridized carbons (Fsp3) is 0.417. The zero-order valence-corrected chi connectivity index (χ0v) is 12.2. The molecule has 102 valence electrons. The van der Waals surface area contributed by atoms with Gasteiger partial charge in [0.2, 0.25) is 0 Å². The SMILES string of the molecule is Cc1c(NN)nc(C(C)(C)C)nc1Sc1ncco1. The summed E-state index contributed by atoms with van der Waals surface area (Å²) in [6.45, 7) is 8.07. The Balaban J connectivity index is 2.46. The van der Waals surface area contributed by atoms with Crippen molar-refractivity contribution in [1.82, 2.24) is 15.0 Å². The minimum atomic E-state index is -0.162. The zero-order chi connectivity index (χ0) is 14.0. The molecule has 0 unspecified atom stereocenters. The Kier molecular flexibility index (Phi) is 3.77. The number of hydrogen-bond acceptors (Lipinski definition) is 7. The molecular weight excluding hydrogens is 262 g/mol. The molecule has 0 amide bonds. The molecule has 3 N–H and O–H groups in total. The number of nitrogens with zero attached hydrogens (tertiary/aromatic N) is 3. The van der Waals surface area contributed by atoms with Crippen molar-refractivity contribution in [1.29, 1.82) is 0 Å². The van der Waals surface area contributed by atoms with E-state index in [1.807, 2.05) is 6.92 Å². The predicted molar refractivity (Wildman–Crippen MR) is 73.9 cm³/mol. The highest BCUT2D eigenvalue weighted by atomic mass is 32.2. The lowest BCUT2D eigenvalue weighted by molar-refractivity contribution is 0.453. The van der Waals surface area contributed by atoms with Crippen molar-refractivity contribution in [3.8, 4) is 0 Å². The first-order chi connectivity index (χ1) is 8.91. The van der Waals surface area contributed by atoms with E-state index < -0.39 is 0 Å². The minimum absolute atomic E-state index is 0.162. The summed E-state index contributed by atoms with van der Waals surface area (Å²) in [5, 5.41) is 1.33. The van der Waals surface area contributed by atoms with Crippen LogP contribution in [0.15, 0.2) is 27.1 Å². The normalized spacial score (nSPS) is 11.6. The van der Waals surface area contributed by atoms with Gasteiger partial charge in [0.15, 0.2) is 0 Å². The van der Waals surface area contributed by atoms with Gasteiger partial charge in [-0.2, -0.15) is 0 Å². The summed E-state index contributed by atoms with van der Waals surface area (Å²) in [5.74, 6) is 6.86. The molecule has 0 aliphatic heterocycles. The first-order valence-electron chi connectivity index (χ1n) is 5.85. The van der Waals surface area contributed by atoms with E-state index in [9.17, 15) is 0 Å². The molecule has 2 heterocycles. The Morgan fingerprint density at radius 2 is 2.05 bits per heavy atom. The second-order valence-electron chi connectivity index (χ2n) is 5.12. The first-order valence-corrected chi connectivity index (χ1v) is 6.66. The van der Waals surface area contributed by atoms with Gasteiger partial charge in [-0.25, -0.2) is 20.8 Å². The largest absolute Gasteiger partial charge is 0.440 e. The molecule has 0 saturated carbocycles. The summed E-state index contributed by atoms with van der Waals surface area (Å²) in [6, 6.07) is 0. The number of hydrogen-bond donors (Lipinski definition) is 2. The molecule has 0 saturated heterocycles. The van der Waals surface area contributed by atoms with Crippen molar-refractivity contribution in [3.05, 3.63) is 23.8 Å². The Bertz CT molecular complexity index is 562. The van der Waals surface area contributed by atoms with Crippen LogP contribution in [0.4, 0.5) is 5.82 Å². The number of hydrazine groups is 1. The maximum Gasteiger partial charge on any atom is 0.261 e. The number of nitrogens with one attached hydrogen (secondary N) is 1. The Morgan fingerprint density at radius 3 is 2.58 bits per heavy atom. The molecule has 0 aromatic carbocycles. The summed E-state index contributed by atoms with van der Waals surface area (Å²) in [6.07, 6.45) is 3.14. The molecule has 0 atom stereocenters. The third kappa shape index (κ3) is 3.05. The quantitative estimate of drug-likeness (QED) is 0.507. The van der Waals surface area contributed by atoms with Crippen LogP contribution in [0.5, 0.6) is 0 Å². The predicted octanol–water partition coefficient (Wildman–Crippen LogP) is 2.51. The van der Waals surface area contributed by atoms with Crippen molar-refractivity contribution in [2.75, 3.05) is 5.43 Å². The minimum Gasteiger partial charge on any atom is -0.440 e. The lowest BCUT2D eigenvalue weighted by atomic mass is 9.95. The third-order valence-corrected chi connectivity index (χ3v) is 3.47. The monoisotopic (exact) mass is 279 g/mol. The standard InChI is InChI=1S/C12H17N5OS/c1-7-8(17-13)15-10(12(2,3)4)16-9(7)19-11-14-5-6-18-11/h5-6H,13H2,1-4H3,(H,15,16,17).